The van der Waals surface area contributed by atoms with Crippen LogP contribution in [0.1, 0.15) is 44.2 Å². The Morgan fingerprint density at radius 1 is 1.35 bits per heavy atom. The Kier molecular flexibility index (Phi) is 3.87. The van der Waals surface area contributed by atoms with Crippen LogP contribution in [0.2, 0.25) is 0 Å². The van der Waals surface area contributed by atoms with E-state index >= 15 is 0 Å². The number of hydrogen-bond acceptors (Lipinski definition) is 2. The first-order valence-corrected chi connectivity index (χ1v) is 8.14. The third-order valence-electron chi connectivity index (χ3n) is 5.17. The van der Waals surface area contributed by atoms with Crippen LogP contribution in [-0.4, -0.2) is 29.6 Å². The molecule has 0 radical (unpaired) electrons. The second-order valence-corrected chi connectivity index (χ2v) is 7.09. The first-order chi connectivity index (χ1) is 9.59. The van der Waals surface area contributed by atoms with Crippen LogP contribution in [0.15, 0.2) is 24.3 Å². The number of aryl methyl sites for hydroxylation is 1. The van der Waals surface area contributed by atoms with Gasteiger partial charge in [0.05, 0.1) is 0 Å². The molecular weight excluding hydrogens is 244 g/mol. The van der Waals surface area contributed by atoms with Crippen LogP contribution in [0.25, 0.3) is 0 Å². The molecule has 1 aliphatic heterocycles. The molecule has 1 aromatic carbocycles. The Labute approximate surface area is 123 Å². The lowest BCUT2D eigenvalue weighted by atomic mass is 9.91. The first kappa shape index (κ1) is 14.1. The molecular formula is C18H28N2. The number of benzene rings is 1. The van der Waals surface area contributed by atoms with E-state index in [1.807, 2.05) is 0 Å². The van der Waals surface area contributed by atoms with E-state index in [9.17, 15) is 0 Å². The second-order valence-electron chi connectivity index (χ2n) is 7.09. The molecule has 1 aliphatic carbocycles. The van der Waals surface area contributed by atoms with Gasteiger partial charge in [0.1, 0.15) is 0 Å². The maximum Gasteiger partial charge on any atom is 0.0278 e. The molecule has 1 N–H and O–H groups in total. The molecule has 0 bridgehead atoms. The van der Waals surface area contributed by atoms with Crippen molar-refractivity contribution in [3.63, 3.8) is 0 Å². The summed E-state index contributed by atoms with van der Waals surface area (Å²) >= 11 is 0. The maximum absolute atomic E-state index is 3.80. The Morgan fingerprint density at radius 3 is 2.80 bits per heavy atom. The highest BCUT2D eigenvalue weighted by Gasteiger charge is 2.41. The van der Waals surface area contributed by atoms with Gasteiger partial charge in [-0.05, 0) is 44.6 Å². The molecule has 2 fully saturated rings. The average Bonchev–Trinajstić information content (AvgIpc) is 3.23. The van der Waals surface area contributed by atoms with Gasteiger partial charge in [0.15, 0.2) is 0 Å². The first-order valence-electron chi connectivity index (χ1n) is 8.14. The largest absolute Gasteiger partial charge is 0.309 e. The van der Waals surface area contributed by atoms with Gasteiger partial charge in [-0.1, -0.05) is 36.8 Å². The van der Waals surface area contributed by atoms with E-state index in [2.05, 4.69) is 55.3 Å². The van der Waals surface area contributed by atoms with Gasteiger partial charge in [-0.15, -0.1) is 0 Å². The molecule has 0 spiro atoms. The molecule has 2 nitrogen and oxygen atoms in total. The van der Waals surface area contributed by atoms with Crippen molar-refractivity contribution in [2.24, 2.45) is 5.92 Å². The van der Waals surface area contributed by atoms with Crippen molar-refractivity contribution in [3.8, 4) is 0 Å². The molecule has 1 saturated heterocycles. The summed E-state index contributed by atoms with van der Waals surface area (Å²) in [7, 11) is 0. The summed E-state index contributed by atoms with van der Waals surface area (Å²) in [6.07, 6.45) is 4.06. The normalized spacial score (nSPS) is 31.4. The van der Waals surface area contributed by atoms with E-state index in [1.54, 1.807) is 0 Å². The lowest BCUT2D eigenvalue weighted by molar-refractivity contribution is 0.0662. The van der Waals surface area contributed by atoms with E-state index < -0.39 is 0 Å². The number of hydrogen-bond donors (Lipinski definition) is 1. The predicted octanol–water partition coefficient (Wildman–Crippen LogP) is 3.35. The molecule has 2 heteroatoms. The highest BCUT2D eigenvalue weighted by molar-refractivity contribution is 5.22. The average molecular weight is 272 g/mol. The van der Waals surface area contributed by atoms with Gasteiger partial charge in [0, 0.05) is 31.2 Å². The molecule has 20 heavy (non-hydrogen) atoms. The van der Waals surface area contributed by atoms with Crippen molar-refractivity contribution in [1.29, 1.82) is 0 Å². The van der Waals surface area contributed by atoms with Crippen LogP contribution >= 0.6 is 0 Å². The Morgan fingerprint density at radius 2 is 2.15 bits per heavy atom. The summed E-state index contributed by atoms with van der Waals surface area (Å²) < 4.78 is 0. The van der Waals surface area contributed by atoms with Gasteiger partial charge in [0.25, 0.3) is 0 Å². The van der Waals surface area contributed by atoms with Crippen molar-refractivity contribution < 1.29 is 0 Å². The van der Waals surface area contributed by atoms with Crippen molar-refractivity contribution in [3.05, 3.63) is 35.4 Å². The van der Waals surface area contributed by atoms with Gasteiger partial charge in [-0.25, -0.2) is 0 Å². The van der Waals surface area contributed by atoms with E-state index in [0.29, 0.717) is 0 Å². The Balaban J connectivity index is 1.75. The van der Waals surface area contributed by atoms with Crippen molar-refractivity contribution >= 4 is 0 Å². The number of nitrogens with one attached hydrogen (secondary N) is 1. The molecule has 110 valence electrons. The van der Waals surface area contributed by atoms with E-state index in [4.69, 9.17) is 0 Å². The molecule has 0 aromatic heterocycles. The van der Waals surface area contributed by atoms with Gasteiger partial charge in [-0.3, -0.25) is 4.90 Å². The smallest absolute Gasteiger partial charge is 0.0278 e. The van der Waals surface area contributed by atoms with Gasteiger partial charge in [-0.2, -0.15) is 0 Å². The molecule has 2 aliphatic rings. The minimum absolute atomic E-state index is 0.287. The molecule has 2 atom stereocenters. The van der Waals surface area contributed by atoms with Crippen LogP contribution in [0.3, 0.4) is 0 Å². The number of rotatable bonds is 4. The fourth-order valence-electron chi connectivity index (χ4n) is 3.50. The third kappa shape index (κ3) is 3.07. The zero-order chi connectivity index (χ0) is 14.2. The SMILES string of the molecule is CCC1(C)CN(Cc2cccc(C)c2)C(C2CC2)CN1. The summed E-state index contributed by atoms with van der Waals surface area (Å²) in [5, 5.41) is 3.80. The van der Waals surface area contributed by atoms with Crippen LogP contribution in [0.4, 0.5) is 0 Å². The minimum atomic E-state index is 0.287. The van der Waals surface area contributed by atoms with Crippen molar-refractivity contribution in [2.45, 2.75) is 58.2 Å². The predicted molar refractivity (Wildman–Crippen MR) is 84.8 cm³/mol. The minimum Gasteiger partial charge on any atom is -0.309 e. The zero-order valence-electron chi connectivity index (χ0n) is 13.2. The fourth-order valence-corrected chi connectivity index (χ4v) is 3.50. The Hall–Kier alpha value is -0.860. The molecule has 3 rings (SSSR count). The van der Waals surface area contributed by atoms with Crippen LogP contribution in [0.5, 0.6) is 0 Å². The van der Waals surface area contributed by atoms with Crippen LogP contribution in [0, 0.1) is 12.8 Å². The summed E-state index contributed by atoms with van der Waals surface area (Å²) in [4.78, 5) is 2.74. The van der Waals surface area contributed by atoms with Crippen LogP contribution < -0.4 is 5.32 Å². The molecule has 1 aromatic rings. The van der Waals surface area contributed by atoms with Gasteiger partial charge >= 0.3 is 0 Å². The van der Waals surface area contributed by atoms with Crippen molar-refractivity contribution in [1.82, 2.24) is 10.2 Å². The number of nitrogens with zero attached hydrogens (tertiary/aromatic N) is 1. The summed E-state index contributed by atoms with van der Waals surface area (Å²) in [6, 6.07) is 9.75. The van der Waals surface area contributed by atoms with E-state index in [-0.39, 0.29) is 5.54 Å². The molecule has 0 amide bonds. The fraction of sp³-hybridized carbons (Fsp3) is 0.667. The Bertz CT molecular complexity index is 466. The maximum atomic E-state index is 3.80. The van der Waals surface area contributed by atoms with Gasteiger partial charge in [0.2, 0.25) is 0 Å². The molecule has 2 unspecified atom stereocenters. The standard InChI is InChI=1S/C18H28N2/c1-4-18(3)13-20(17(11-19-18)16-8-9-16)12-15-7-5-6-14(2)10-15/h5-7,10,16-17,19H,4,8-9,11-13H2,1-3H3. The van der Waals surface area contributed by atoms with E-state index in [1.165, 1.54) is 43.5 Å². The monoisotopic (exact) mass is 272 g/mol. The quantitative estimate of drug-likeness (QED) is 0.904. The lowest BCUT2D eigenvalue weighted by Gasteiger charge is -2.46. The highest BCUT2D eigenvalue weighted by atomic mass is 15.3. The summed E-state index contributed by atoms with van der Waals surface area (Å²) in [5.41, 5.74) is 3.13. The summed E-state index contributed by atoms with van der Waals surface area (Å²) in [5.74, 6) is 0.939. The second kappa shape index (κ2) is 5.50. The zero-order valence-corrected chi connectivity index (χ0v) is 13.2. The molecule has 1 saturated carbocycles. The van der Waals surface area contributed by atoms with Gasteiger partial charge < -0.3 is 5.32 Å². The third-order valence-corrected chi connectivity index (χ3v) is 5.17. The lowest BCUT2D eigenvalue weighted by Crippen LogP contribution is -2.62. The van der Waals surface area contributed by atoms with E-state index in [0.717, 1.165) is 18.5 Å². The van der Waals surface area contributed by atoms with Crippen molar-refractivity contribution in [2.75, 3.05) is 13.1 Å². The summed E-state index contributed by atoms with van der Waals surface area (Å²) in [6.45, 7) is 10.3. The topological polar surface area (TPSA) is 15.3 Å². The highest BCUT2D eigenvalue weighted by Crippen LogP contribution is 2.38. The number of piperazine rings is 1. The van der Waals surface area contributed by atoms with Crippen LogP contribution in [-0.2, 0) is 6.54 Å². The molecule has 1 heterocycles.